The number of anilines is 1. The molecule has 1 aliphatic rings. The number of nitrogens with zero attached hydrogens (tertiary/aromatic N) is 2. The van der Waals surface area contributed by atoms with Gasteiger partial charge >= 0.3 is 5.97 Å². The third-order valence-corrected chi connectivity index (χ3v) is 6.00. The number of rotatable bonds is 7. The molecule has 2 heterocycles. The zero-order valence-corrected chi connectivity index (χ0v) is 21.2. The van der Waals surface area contributed by atoms with Crippen molar-refractivity contribution in [1.82, 2.24) is 4.98 Å². The SMILES string of the molecule is CCOc1ccc(Cl)c(/C(O)=C2\C(=O)C(=O)N(c3cccc(C(=O)OC(C)C)c3)C2c2ccncc2)c1. The maximum absolute atomic E-state index is 13.4. The first kappa shape index (κ1) is 25.9. The molecule has 4 rings (SSSR count). The van der Waals surface area contributed by atoms with Gasteiger partial charge in [0.25, 0.3) is 11.7 Å². The van der Waals surface area contributed by atoms with Crippen LogP contribution in [0.1, 0.15) is 48.3 Å². The molecule has 0 bridgehead atoms. The maximum Gasteiger partial charge on any atom is 0.338 e. The second-order valence-electron chi connectivity index (χ2n) is 8.53. The average molecular weight is 521 g/mol. The minimum Gasteiger partial charge on any atom is -0.507 e. The van der Waals surface area contributed by atoms with Crippen LogP contribution in [0.15, 0.2) is 72.6 Å². The van der Waals surface area contributed by atoms with Gasteiger partial charge in [0.05, 0.1) is 34.9 Å². The maximum atomic E-state index is 13.4. The van der Waals surface area contributed by atoms with Crippen molar-refractivity contribution >= 4 is 40.7 Å². The summed E-state index contributed by atoms with van der Waals surface area (Å²) in [5, 5.41) is 11.6. The third kappa shape index (κ3) is 5.20. The number of Topliss-reactive ketones (excluding diaryl/α,β-unsaturated/α-hetero) is 1. The summed E-state index contributed by atoms with van der Waals surface area (Å²) in [5.41, 5.74) is 1.04. The van der Waals surface area contributed by atoms with Crippen molar-refractivity contribution in [3.05, 3.63) is 94.3 Å². The van der Waals surface area contributed by atoms with Crippen molar-refractivity contribution in [2.75, 3.05) is 11.5 Å². The fourth-order valence-electron chi connectivity index (χ4n) is 4.11. The molecule has 1 unspecified atom stereocenters. The predicted molar refractivity (Wildman–Crippen MR) is 139 cm³/mol. The smallest absolute Gasteiger partial charge is 0.338 e. The molecule has 0 spiro atoms. The molecule has 1 aliphatic heterocycles. The normalized spacial score (nSPS) is 16.8. The second-order valence-corrected chi connectivity index (χ2v) is 8.94. The molecule has 3 aromatic rings. The van der Waals surface area contributed by atoms with Gasteiger partial charge in [-0.1, -0.05) is 17.7 Å². The molecule has 1 amide bonds. The summed E-state index contributed by atoms with van der Waals surface area (Å²) in [6, 6.07) is 13.2. The Morgan fingerprint density at radius 1 is 1.11 bits per heavy atom. The van der Waals surface area contributed by atoms with E-state index < -0.39 is 29.5 Å². The summed E-state index contributed by atoms with van der Waals surface area (Å²) in [6.07, 6.45) is 2.71. The number of ketones is 1. The summed E-state index contributed by atoms with van der Waals surface area (Å²) < 4.78 is 10.8. The number of ether oxygens (including phenoxy) is 2. The second kappa shape index (κ2) is 10.8. The lowest BCUT2D eigenvalue weighted by atomic mass is 9.95. The highest BCUT2D eigenvalue weighted by atomic mass is 35.5. The quantitative estimate of drug-likeness (QED) is 0.194. The summed E-state index contributed by atoms with van der Waals surface area (Å²) in [4.78, 5) is 44.6. The van der Waals surface area contributed by atoms with Gasteiger partial charge in [0.2, 0.25) is 0 Å². The van der Waals surface area contributed by atoms with E-state index in [-0.39, 0.29) is 33.5 Å². The molecular weight excluding hydrogens is 496 g/mol. The van der Waals surface area contributed by atoms with Crippen LogP contribution in [0.5, 0.6) is 5.75 Å². The first-order valence-corrected chi connectivity index (χ1v) is 12.0. The molecule has 0 aliphatic carbocycles. The van der Waals surface area contributed by atoms with Crippen molar-refractivity contribution in [1.29, 1.82) is 0 Å². The molecule has 0 radical (unpaired) electrons. The van der Waals surface area contributed by atoms with Gasteiger partial charge in [-0.2, -0.15) is 0 Å². The van der Waals surface area contributed by atoms with Crippen LogP contribution < -0.4 is 9.64 Å². The minimum atomic E-state index is -1.01. The highest BCUT2D eigenvalue weighted by Gasteiger charge is 2.47. The molecule has 1 fully saturated rings. The van der Waals surface area contributed by atoms with E-state index >= 15 is 0 Å². The average Bonchev–Trinajstić information content (AvgIpc) is 3.15. The van der Waals surface area contributed by atoms with E-state index in [1.165, 1.54) is 29.4 Å². The summed E-state index contributed by atoms with van der Waals surface area (Å²) in [5.74, 6) is -2.32. The van der Waals surface area contributed by atoms with Crippen LogP contribution >= 0.6 is 11.6 Å². The van der Waals surface area contributed by atoms with Gasteiger partial charge < -0.3 is 14.6 Å². The van der Waals surface area contributed by atoms with E-state index in [4.69, 9.17) is 21.1 Å². The molecule has 1 N–H and O–H groups in total. The molecule has 9 heteroatoms. The van der Waals surface area contributed by atoms with E-state index in [1.54, 1.807) is 56.3 Å². The number of benzene rings is 2. The monoisotopic (exact) mass is 520 g/mol. The molecule has 37 heavy (non-hydrogen) atoms. The third-order valence-electron chi connectivity index (χ3n) is 5.67. The molecule has 190 valence electrons. The number of amides is 1. The number of carbonyl (C=O) groups excluding carboxylic acids is 3. The Morgan fingerprint density at radius 2 is 1.84 bits per heavy atom. The van der Waals surface area contributed by atoms with Gasteiger partial charge in [0.1, 0.15) is 11.5 Å². The van der Waals surface area contributed by atoms with E-state index in [0.717, 1.165) is 0 Å². The lowest BCUT2D eigenvalue weighted by Crippen LogP contribution is -2.29. The molecule has 0 saturated carbocycles. The van der Waals surface area contributed by atoms with E-state index in [0.29, 0.717) is 17.9 Å². The lowest BCUT2D eigenvalue weighted by molar-refractivity contribution is -0.132. The van der Waals surface area contributed by atoms with Gasteiger partial charge in [-0.25, -0.2) is 4.79 Å². The minimum absolute atomic E-state index is 0.151. The predicted octanol–water partition coefficient (Wildman–Crippen LogP) is 5.33. The zero-order valence-electron chi connectivity index (χ0n) is 20.5. The first-order valence-electron chi connectivity index (χ1n) is 11.7. The topological polar surface area (TPSA) is 106 Å². The van der Waals surface area contributed by atoms with Crippen LogP contribution in [0.4, 0.5) is 5.69 Å². The van der Waals surface area contributed by atoms with E-state index in [1.807, 2.05) is 6.92 Å². The Hall–Kier alpha value is -4.17. The fourth-order valence-corrected chi connectivity index (χ4v) is 4.32. The summed E-state index contributed by atoms with van der Waals surface area (Å²) in [7, 11) is 0. The Balaban J connectivity index is 1.90. The van der Waals surface area contributed by atoms with Crippen molar-refractivity contribution in [3.8, 4) is 5.75 Å². The summed E-state index contributed by atoms with van der Waals surface area (Å²) in [6.45, 7) is 5.66. The number of carbonyl (C=O) groups is 3. The highest BCUT2D eigenvalue weighted by molar-refractivity contribution is 6.52. The van der Waals surface area contributed by atoms with E-state index in [2.05, 4.69) is 4.98 Å². The van der Waals surface area contributed by atoms with Gasteiger partial charge in [0, 0.05) is 23.6 Å². The molecule has 2 aromatic carbocycles. The van der Waals surface area contributed by atoms with Crippen LogP contribution in [0.3, 0.4) is 0 Å². The molecule has 8 nitrogen and oxygen atoms in total. The van der Waals surface area contributed by atoms with Crippen molar-refractivity contribution in [2.24, 2.45) is 0 Å². The van der Waals surface area contributed by atoms with Crippen LogP contribution in [0.25, 0.3) is 5.76 Å². The number of aliphatic hydroxyl groups excluding tert-OH is 1. The highest BCUT2D eigenvalue weighted by Crippen LogP contribution is 2.43. The number of esters is 1. The molecule has 1 aromatic heterocycles. The fraction of sp³-hybridized carbons (Fsp3) is 0.214. The Bertz CT molecular complexity index is 1390. The van der Waals surface area contributed by atoms with Crippen LogP contribution in [0, 0.1) is 0 Å². The number of pyridine rings is 1. The van der Waals surface area contributed by atoms with Gasteiger partial charge in [0.15, 0.2) is 0 Å². The Labute approximate surface area is 219 Å². The zero-order chi connectivity index (χ0) is 26.7. The van der Waals surface area contributed by atoms with Crippen LogP contribution in [-0.4, -0.2) is 40.5 Å². The van der Waals surface area contributed by atoms with Gasteiger partial charge in [-0.05, 0) is 74.9 Å². The Kier molecular flexibility index (Phi) is 7.59. The van der Waals surface area contributed by atoms with Crippen LogP contribution in [0.2, 0.25) is 5.02 Å². The number of aromatic nitrogens is 1. The molecular formula is C28H25ClN2O6. The Morgan fingerprint density at radius 3 is 2.51 bits per heavy atom. The number of halogens is 1. The first-order chi connectivity index (χ1) is 17.7. The standard InChI is InChI=1S/C28H25ClN2O6/c1-4-36-20-8-9-22(29)21(15-20)25(32)23-24(17-10-12-30-13-11-17)31(27(34)26(23)33)19-7-5-6-18(14-19)28(35)37-16(2)3/h5-16,24,32H,4H2,1-3H3/b25-23+. The van der Waals surface area contributed by atoms with E-state index in [9.17, 15) is 19.5 Å². The van der Waals surface area contributed by atoms with Crippen molar-refractivity contribution < 1.29 is 29.0 Å². The molecule has 1 atom stereocenters. The summed E-state index contributed by atoms with van der Waals surface area (Å²) >= 11 is 6.38. The van der Waals surface area contributed by atoms with Crippen LogP contribution in [-0.2, 0) is 14.3 Å². The van der Waals surface area contributed by atoms with Gasteiger partial charge in [-0.15, -0.1) is 0 Å². The number of hydrogen-bond acceptors (Lipinski definition) is 7. The lowest BCUT2D eigenvalue weighted by Gasteiger charge is -2.25. The van der Waals surface area contributed by atoms with Gasteiger partial charge in [-0.3, -0.25) is 19.5 Å². The van der Waals surface area contributed by atoms with Crippen molar-refractivity contribution in [2.45, 2.75) is 32.9 Å². The van der Waals surface area contributed by atoms with Crippen molar-refractivity contribution in [3.63, 3.8) is 0 Å². The molecule has 1 saturated heterocycles. The number of hydrogen-bond donors (Lipinski definition) is 1. The number of aliphatic hydroxyl groups is 1. The largest absolute Gasteiger partial charge is 0.507 e.